The second-order valence-electron chi connectivity index (χ2n) is 3.84. The molecule has 0 unspecified atom stereocenters. The van der Waals surface area contributed by atoms with Gasteiger partial charge in [-0.3, -0.25) is 0 Å². The van der Waals surface area contributed by atoms with Gasteiger partial charge in [0.15, 0.2) is 5.58 Å². The summed E-state index contributed by atoms with van der Waals surface area (Å²) in [5.41, 5.74) is 2.56. The van der Waals surface area contributed by atoms with Crippen LogP contribution in [-0.2, 0) is 0 Å². The Bertz CT molecular complexity index is 692. The van der Waals surface area contributed by atoms with E-state index in [0.717, 1.165) is 26.0 Å². The van der Waals surface area contributed by atoms with Gasteiger partial charge < -0.3 is 9.15 Å². The molecule has 3 rings (SSSR count). The van der Waals surface area contributed by atoms with Gasteiger partial charge in [-0.25, -0.2) is 4.98 Å². The molecule has 0 amide bonds. The maximum atomic E-state index is 5.76. The van der Waals surface area contributed by atoms with Gasteiger partial charge in [-0.05, 0) is 40.8 Å². The molecule has 4 heteroatoms. The molecule has 1 aromatic heterocycles. The number of ether oxygens (including phenoxy) is 1. The maximum absolute atomic E-state index is 5.76. The SMILES string of the molecule is COc1cc2oc(-c3ccccc3)nc2cc1I. The molecule has 0 fully saturated rings. The molecule has 0 bridgehead atoms. The van der Waals surface area contributed by atoms with Crippen molar-refractivity contribution in [3.63, 3.8) is 0 Å². The van der Waals surface area contributed by atoms with Crippen LogP contribution in [-0.4, -0.2) is 12.1 Å². The Hall–Kier alpha value is -1.56. The van der Waals surface area contributed by atoms with Crippen LogP contribution in [0.2, 0.25) is 0 Å². The average Bonchev–Trinajstić information content (AvgIpc) is 2.81. The number of hydrogen-bond acceptors (Lipinski definition) is 3. The highest BCUT2D eigenvalue weighted by Crippen LogP contribution is 2.30. The van der Waals surface area contributed by atoms with E-state index < -0.39 is 0 Å². The zero-order valence-electron chi connectivity index (χ0n) is 9.68. The summed E-state index contributed by atoms with van der Waals surface area (Å²) in [4.78, 5) is 4.49. The first-order valence-electron chi connectivity index (χ1n) is 5.47. The fourth-order valence-corrected chi connectivity index (χ4v) is 2.46. The topological polar surface area (TPSA) is 35.3 Å². The third kappa shape index (κ3) is 1.96. The lowest BCUT2D eigenvalue weighted by atomic mass is 10.2. The van der Waals surface area contributed by atoms with E-state index in [1.165, 1.54) is 0 Å². The highest BCUT2D eigenvalue weighted by molar-refractivity contribution is 14.1. The molecule has 90 valence electrons. The fourth-order valence-electron chi connectivity index (χ4n) is 1.79. The van der Waals surface area contributed by atoms with E-state index in [2.05, 4.69) is 27.6 Å². The van der Waals surface area contributed by atoms with Crippen LogP contribution in [0.3, 0.4) is 0 Å². The van der Waals surface area contributed by atoms with Crippen LogP contribution in [0.5, 0.6) is 5.75 Å². The van der Waals surface area contributed by atoms with Crippen molar-refractivity contribution in [2.24, 2.45) is 0 Å². The summed E-state index contributed by atoms with van der Waals surface area (Å²) in [6.07, 6.45) is 0. The molecule has 0 spiro atoms. The van der Waals surface area contributed by atoms with Crippen molar-refractivity contribution < 1.29 is 9.15 Å². The van der Waals surface area contributed by atoms with Crippen molar-refractivity contribution >= 4 is 33.7 Å². The molecule has 0 aliphatic heterocycles. The van der Waals surface area contributed by atoms with Gasteiger partial charge in [0.25, 0.3) is 0 Å². The summed E-state index contributed by atoms with van der Waals surface area (Å²) < 4.78 is 12.1. The van der Waals surface area contributed by atoms with Gasteiger partial charge in [0, 0.05) is 11.6 Å². The number of oxazole rings is 1. The Balaban J connectivity index is 2.17. The standard InChI is InChI=1S/C14H10INO2/c1-17-12-8-13-11(7-10(12)15)16-14(18-13)9-5-3-2-4-6-9/h2-8H,1H3. The molecule has 0 N–H and O–H groups in total. The zero-order chi connectivity index (χ0) is 12.5. The summed E-state index contributed by atoms with van der Waals surface area (Å²) in [5, 5.41) is 0. The highest BCUT2D eigenvalue weighted by Gasteiger charge is 2.11. The largest absolute Gasteiger partial charge is 0.496 e. The molecule has 0 saturated carbocycles. The highest BCUT2D eigenvalue weighted by atomic mass is 127. The molecular formula is C14H10INO2. The van der Waals surface area contributed by atoms with Crippen LogP contribution in [0.25, 0.3) is 22.6 Å². The van der Waals surface area contributed by atoms with E-state index in [4.69, 9.17) is 9.15 Å². The van der Waals surface area contributed by atoms with Gasteiger partial charge in [0.05, 0.1) is 10.7 Å². The first-order valence-corrected chi connectivity index (χ1v) is 6.55. The van der Waals surface area contributed by atoms with E-state index >= 15 is 0 Å². The quantitative estimate of drug-likeness (QED) is 0.652. The number of aromatic nitrogens is 1. The molecule has 3 nitrogen and oxygen atoms in total. The van der Waals surface area contributed by atoms with Crippen molar-refractivity contribution in [1.82, 2.24) is 4.98 Å². The van der Waals surface area contributed by atoms with Crippen LogP contribution in [0.15, 0.2) is 46.9 Å². The summed E-state index contributed by atoms with van der Waals surface area (Å²) >= 11 is 2.23. The number of hydrogen-bond donors (Lipinski definition) is 0. The molecule has 3 aromatic rings. The summed E-state index contributed by atoms with van der Waals surface area (Å²) in [5.74, 6) is 1.44. The van der Waals surface area contributed by atoms with Gasteiger partial charge in [-0.2, -0.15) is 0 Å². The summed E-state index contributed by atoms with van der Waals surface area (Å²) in [7, 11) is 1.65. The molecule has 0 aliphatic rings. The van der Waals surface area contributed by atoms with Crippen molar-refractivity contribution in [3.05, 3.63) is 46.0 Å². The minimum atomic E-state index is 0.634. The van der Waals surface area contributed by atoms with Crippen molar-refractivity contribution in [2.75, 3.05) is 7.11 Å². The third-order valence-electron chi connectivity index (χ3n) is 2.68. The molecular weight excluding hydrogens is 341 g/mol. The molecule has 0 saturated heterocycles. The number of benzene rings is 2. The predicted octanol–water partition coefficient (Wildman–Crippen LogP) is 4.11. The number of halogens is 1. The molecule has 0 radical (unpaired) electrons. The van der Waals surface area contributed by atoms with Crippen molar-refractivity contribution in [3.8, 4) is 17.2 Å². The minimum absolute atomic E-state index is 0.634. The Kier molecular flexibility index (Phi) is 2.95. The van der Waals surface area contributed by atoms with E-state index in [-0.39, 0.29) is 0 Å². The first kappa shape index (κ1) is 11.5. The van der Waals surface area contributed by atoms with Crippen LogP contribution in [0.4, 0.5) is 0 Å². The minimum Gasteiger partial charge on any atom is -0.496 e. The monoisotopic (exact) mass is 351 g/mol. The first-order chi connectivity index (χ1) is 8.78. The summed E-state index contributed by atoms with van der Waals surface area (Å²) in [6.45, 7) is 0. The van der Waals surface area contributed by atoms with Crippen molar-refractivity contribution in [2.45, 2.75) is 0 Å². The number of methoxy groups -OCH3 is 1. The molecule has 0 aliphatic carbocycles. The number of rotatable bonds is 2. The van der Waals surface area contributed by atoms with Gasteiger partial charge in [0.1, 0.15) is 11.3 Å². The number of fused-ring (bicyclic) bond motifs is 1. The average molecular weight is 351 g/mol. The molecule has 0 atom stereocenters. The van der Waals surface area contributed by atoms with Crippen molar-refractivity contribution in [1.29, 1.82) is 0 Å². The third-order valence-corrected chi connectivity index (χ3v) is 3.53. The maximum Gasteiger partial charge on any atom is 0.227 e. The smallest absolute Gasteiger partial charge is 0.227 e. The lowest BCUT2D eigenvalue weighted by Gasteiger charge is -2.00. The van der Waals surface area contributed by atoms with E-state index in [0.29, 0.717) is 5.89 Å². The zero-order valence-corrected chi connectivity index (χ0v) is 11.8. The second-order valence-corrected chi connectivity index (χ2v) is 5.00. The van der Waals surface area contributed by atoms with Crippen LogP contribution in [0, 0.1) is 3.57 Å². The Morgan fingerprint density at radius 2 is 1.94 bits per heavy atom. The van der Waals surface area contributed by atoms with Gasteiger partial charge in [-0.1, -0.05) is 18.2 Å². The van der Waals surface area contributed by atoms with E-state index in [9.17, 15) is 0 Å². The molecule has 18 heavy (non-hydrogen) atoms. The molecule has 2 aromatic carbocycles. The normalized spacial score (nSPS) is 10.8. The Labute approximate surface area is 118 Å². The second kappa shape index (κ2) is 4.61. The lowest BCUT2D eigenvalue weighted by Crippen LogP contribution is -1.85. The van der Waals surface area contributed by atoms with E-state index in [1.54, 1.807) is 7.11 Å². The summed E-state index contributed by atoms with van der Waals surface area (Å²) in [6, 6.07) is 13.7. The predicted molar refractivity (Wildman–Crippen MR) is 78.7 cm³/mol. The Morgan fingerprint density at radius 1 is 1.17 bits per heavy atom. The fraction of sp³-hybridized carbons (Fsp3) is 0.0714. The van der Waals surface area contributed by atoms with Crippen LogP contribution >= 0.6 is 22.6 Å². The van der Waals surface area contributed by atoms with Gasteiger partial charge in [0.2, 0.25) is 5.89 Å². The Morgan fingerprint density at radius 3 is 2.67 bits per heavy atom. The molecule has 1 heterocycles. The van der Waals surface area contributed by atoms with Gasteiger partial charge in [-0.15, -0.1) is 0 Å². The van der Waals surface area contributed by atoms with E-state index in [1.807, 2.05) is 42.5 Å². The lowest BCUT2D eigenvalue weighted by molar-refractivity contribution is 0.411. The number of nitrogens with zero attached hydrogens (tertiary/aromatic N) is 1. The van der Waals surface area contributed by atoms with Crippen LogP contribution < -0.4 is 4.74 Å². The van der Waals surface area contributed by atoms with Crippen LogP contribution in [0.1, 0.15) is 0 Å². The van der Waals surface area contributed by atoms with Gasteiger partial charge >= 0.3 is 0 Å².